The highest BCUT2D eigenvalue weighted by Gasteiger charge is 2.10. The van der Waals surface area contributed by atoms with E-state index >= 15 is 0 Å². The Bertz CT molecular complexity index is 1280. The van der Waals surface area contributed by atoms with Crippen molar-refractivity contribution in [3.05, 3.63) is 102 Å². The summed E-state index contributed by atoms with van der Waals surface area (Å²) in [6, 6.07) is 24.9. The summed E-state index contributed by atoms with van der Waals surface area (Å²) >= 11 is 0. The lowest BCUT2D eigenvalue weighted by Gasteiger charge is -2.15. The SMILES string of the molecule is CC(Nc1ccc2ncc(Cc3ccc4ncccc4c3)n2n1)c1ccccc1. The number of aromatic nitrogens is 4. The van der Waals surface area contributed by atoms with E-state index in [9.17, 15) is 0 Å². The topological polar surface area (TPSA) is 55.1 Å². The smallest absolute Gasteiger partial charge is 0.153 e. The van der Waals surface area contributed by atoms with Gasteiger partial charge in [0.15, 0.2) is 5.65 Å². The Morgan fingerprint density at radius 3 is 2.72 bits per heavy atom. The molecule has 1 N–H and O–H groups in total. The Labute approximate surface area is 169 Å². The second kappa shape index (κ2) is 7.36. The van der Waals surface area contributed by atoms with E-state index < -0.39 is 0 Å². The van der Waals surface area contributed by atoms with Crippen molar-refractivity contribution in [1.29, 1.82) is 0 Å². The van der Waals surface area contributed by atoms with Gasteiger partial charge in [-0.2, -0.15) is 0 Å². The van der Waals surface area contributed by atoms with Crippen LogP contribution in [0.3, 0.4) is 0 Å². The van der Waals surface area contributed by atoms with Crippen LogP contribution in [0, 0.1) is 0 Å². The molecule has 29 heavy (non-hydrogen) atoms. The summed E-state index contributed by atoms with van der Waals surface area (Å²) < 4.78 is 1.92. The Morgan fingerprint density at radius 2 is 1.83 bits per heavy atom. The summed E-state index contributed by atoms with van der Waals surface area (Å²) in [7, 11) is 0. The lowest BCUT2D eigenvalue weighted by atomic mass is 10.1. The zero-order chi connectivity index (χ0) is 19.6. The van der Waals surface area contributed by atoms with Crippen LogP contribution >= 0.6 is 0 Å². The Kier molecular flexibility index (Phi) is 4.41. The lowest BCUT2D eigenvalue weighted by Crippen LogP contribution is -2.10. The number of benzene rings is 2. The minimum Gasteiger partial charge on any atom is -0.362 e. The first-order valence-electron chi connectivity index (χ1n) is 9.75. The van der Waals surface area contributed by atoms with Gasteiger partial charge in [-0.05, 0) is 48.4 Å². The van der Waals surface area contributed by atoms with Crippen LogP contribution in [-0.2, 0) is 6.42 Å². The van der Waals surface area contributed by atoms with Crippen molar-refractivity contribution < 1.29 is 0 Å². The number of anilines is 1. The molecule has 0 radical (unpaired) electrons. The number of hydrogen-bond acceptors (Lipinski definition) is 4. The molecule has 0 fully saturated rings. The van der Waals surface area contributed by atoms with Crippen molar-refractivity contribution in [3.8, 4) is 0 Å². The van der Waals surface area contributed by atoms with Crippen molar-refractivity contribution in [2.24, 2.45) is 0 Å². The number of rotatable bonds is 5. The van der Waals surface area contributed by atoms with Crippen molar-refractivity contribution >= 4 is 22.4 Å². The monoisotopic (exact) mass is 379 g/mol. The molecule has 0 saturated heterocycles. The van der Waals surface area contributed by atoms with E-state index in [1.807, 2.05) is 41.2 Å². The quantitative estimate of drug-likeness (QED) is 0.465. The van der Waals surface area contributed by atoms with Crippen LogP contribution in [-0.4, -0.2) is 19.6 Å². The minimum absolute atomic E-state index is 0.168. The fourth-order valence-electron chi connectivity index (χ4n) is 3.61. The molecule has 1 unspecified atom stereocenters. The highest BCUT2D eigenvalue weighted by molar-refractivity contribution is 5.79. The first kappa shape index (κ1) is 17.4. The molecule has 5 rings (SSSR count). The summed E-state index contributed by atoms with van der Waals surface area (Å²) in [5.74, 6) is 0.829. The average molecular weight is 379 g/mol. The molecule has 3 heterocycles. The Morgan fingerprint density at radius 1 is 0.931 bits per heavy atom. The van der Waals surface area contributed by atoms with E-state index in [-0.39, 0.29) is 6.04 Å². The van der Waals surface area contributed by atoms with E-state index in [1.54, 1.807) is 0 Å². The van der Waals surface area contributed by atoms with Crippen molar-refractivity contribution in [1.82, 2.24) is 19.6 Å². The molecule has 5 nitrogen and oxygen atoms in total. The van der Waals surface area contributed by atoms with Gasteiger partial charge in [-0.3, -0.25) is 4.98 Å². The number of nitrogens with zero attached hydrogens (tertiary/aromatic N) is 4. The third-order valence-electron chi connectivity index (χ3n) is 5.15. The van der Waals surface area contributed by atoms with Gasteiger partial charge in [0.1, 0.15) is 5.82 Å². The largest absolute Gasteiger partial charge is 0.362 e. The van der Waals surface area contributed by atoms with Crippen LogP contribution in [0.1, 0.15) is 29.8 Å². The van der Waals surface area contributed by atoms with Crippen LogP contribution < -0.4 is 5.32 Å². The molecular weight excluding hydrogens is 358 g/mol. The lowest BCUT2D eigenvalue weighted by molar-refractivity contribution is 0.827. The van der Waals surface area contributed by atoms with Crippen molar-refractivity contribution in [3.63, 3.8) is 0 Å². The second-order valence-corrected chi connectivity index (χ2v) is 7.22. The summed E-state index contributed by atoms with van der Waals surface area (Å²) in [6.45, 7) is 2.14. The zero-order valence-corrected chi connectivity index (χ0v) is 16.2. The molecule has 142 valence electrons. The molecule has 0 bridgehead atoms. The molecule has 0 aliphatic rings. The number of hydrogen-bond donors (Lipinski definition) is 1. The number of imidazole rings is 1. The summed E-state index contributed by atoms with van der Waals surface area (Å²) in [4.78, 5) is 8.91. The minimum atomic E-state index is 0.168. The van der Waals surface area contributed by atoms with E-state index in [1.165, 1.54) is 11.1 Å². The van der Waals surface area contributed by atoms with E-state index in [0.717, 1.165) is 34.5 Å². The van der Waals surface area contributed by atoms with Gasteiger partial charge in [-0.15, -0.1) is 5.10 Å². The predicted octanol–water partition coefficient (Wildman–Crippen LogP) is 5.04. The second-order valence-electron chi connectivity index (χ2n) is 7.22. The van der Waals surface area contributed by atoms with Gasteiger partial charge in [0.25, 0.3) is 0 Å². The van der Waals surface area contributed by atoms with Gasteiger partial charge in [0.2, 0.25) is 0 Å². The zero-order valence-electron chi connectivity index (χ0n) is 16.2. The molecule has 0 spiro atoms. The highest BCUT2D eigenvalue weighted by atomic mass is 15.3. The van der Waals surface area contributed by atoms with Gasteiger partial charge in [0.05, 0.1) is 17.4 Å². The summed E-state index contributed by atoms with van der Waals surface area (Å²) in [6.07, 6.45) is 4.48. The Hall–Kier alpha value is -3.73. The van der Waals surface area contributed by atoms with Gasteiger partial charge in [0, 0.05) is 24.0 Å². The third-order valence-corrected chi connectivity index (χ3v) is 5.15. The maximum absolute atomic E-state index is 4.79. The summed E-state index contributed by atoms with van der Waals surface area (Å²) in [5.41, 5.74) is 5.35. The van der Waals surface area contributed by atoms with Crippen LogP contribution in [0.25, 0.3) is 16.6 Å². The molecule has 5 heteroatoms. The van der Waals surface area contributed by atoms with Crippen LogP contribution in [0.5, 0.6) is 0 Å². The molecule has 1 atom stereocenters. The van der Waals surface area contributed by atoms with Crippen molar-refractivity contribution in [2.75, 3.05) is 5.32 Å². The Balaban J connectivity index is 1.43. The average Bonchev–Trinajstić information content (AvgIpc) is 3.16. The van der Waals surface area contributed by atoms with Gasteiger partial charge in [-0.1, -0.05) is 42.5 Å². The van der Waals surface area contributed by atoms with E-state index in [4.69, 9.17) is 5.10 Å². The normalized spacial score (nSPS) is 12.3. The number of fused-ring (bicyclic) bond motifs is 2. The molecule has 3 aromatic heterocycles. The van der Waals surface area contributed by atoms with Gasteiger partial charge < -0.3 is 5.32 Å². The summed E-state index contributed by atoms with van der Waals surface area (Å²) in [5, 5.41) is 9.42. The molecule has 0 aliphatic heterocycles. The number of nitrogens with one attached hydrogen (secondary N) is 1. The van der Waals surface area contributed by atoms with Crippen LogP contribution in [0.2, 0.25) is 0 Å². The molecule has 0 saturated carbocycles. The first-order valence-corrected chi connectivity index (χ1v) is 9.75. The molecule has 0 aliphatic carbocycles. The van der Waals surface area contributed by atoms with Crippen LogP contribution in [0.15, 0.2) is 85.2 Å². The fourth-order valence-corrected chi connectivity index (χ4v) is 3.61. The van der Waals surface area contributed by atoms with E-state index in [0.29, 0.717) is 0 Å². The predicted molar refractivity (Wildman–Crippen MR) is 116 cm³/mol. The maximum atomic E-state index is 4.79. The van der Waals surface area contributed by atoms with Gasteiger partial charge in [-0.25, -0.2) is 9.50 Å². The molecular formula is C24H21N5. The van der Waals surface area contributed by atoms with E-state index in [2.05, 4.69) is 70.7 Å². The van der Waals surface area contributed by atoms with Crippen LogP contribution in [0.4, 0.5) is 5.82 Å². The van der Waals surface area contributed by atoms with Crippen molar-refractivity contribution in [2.45, 2.75) is 19.4 Å². The maximum Gasteiger partial charge on any atom is 0.153 e. The third kappa shape index (κ3) is 3.55. The highest BCUT2D eigenvalue weighted by Crippen LogP contribution is 2.20. The molecule has 5 aromatic rings. The first-order chi connectivity index (χ1) is 14.3. The van der Waals surface area contributed by atoms with Gasteiger partial charge >= 0.3 is 0 Å². The number of pyridine rings is 1. The standard InChI is InChI=1S/C24H21N5/c1-17(19-6-3-2-4-7-19)27-23-11-12-24-26-16-21(29(24)28-23)15-18-9-10-22-20(14-18)8-5-13-25-22/h2-14,16-17H,15H2,1H3,(H,27,28). The fraction of sp³-hybridized carbons (Fsp3) is 0.125. The molecule has 0 amide bonds. The molecule has 2 aromatic carbocycles.